The summed E-state index contributed by atoms with van der Waals surface area (Å²) < 4.78 is 0. The number of hydrogen-bond acceptors (Lipinski definition) is 4. The number of carboxylic acid groups (broad SMARTS) is 1. The molecule has 1 heterocycles. The number of anilines is 2. The maximum absolute atomic E-state index is 12.0. The van der Waals surface area contributed by atoms with Crippen LogP contribution < -0.4 is 21.1 Å². The summed E-state index contributed by atoms with van der Waals surface area (Å²) in [7, 11) is 0. The Hall–Kier alpha value is -1.79. The summed E-state index contributed by atoms with van der Waals surface area (Å²) >= 11 is 6.00. The largest absolute Gasteiger partial charge is 0.550 e. The van der Waals surface area contributed by atoms with Crippen LogP contribution in [0.3, 0.4) is 0 Å². The minimum absolute atomic E-state index is 0.149. The Morgan fingerprint density at radius 3 is 2.62 bits per heavy atom. The van der Waals surface area contributed by atoms with Gasteiger partial charge in [0.1, 0.15) is 0 Å². The fraction of sp³-hybridized carbons (Fsp3) is 0.429. The Morgan fingerprint density at radius 1 is 1.38 bits per heavy atom. The summed E-state index contributed by atoms with van der Waals surface area (Å²) in [5, 5.41) is 13.9. The fourth-order valence-electron chi connectivity index (χ4n) is 2.49. The van der Waals surface area contributed by atoms with Gasteiger partial charge in [-0.15, -0.1) is 0 Å². The molecule has 0 radical (unpaired) electrons. The number of aliphatic carboxylic acids is 1. The van der Waals surface area contributed by atoms with Crippen molar-refractivity contribution in [2.24, 2.45) is 5.92 Å². The molecule has 6 nitrogen and oxygen atoms in total. The molecule has 7 heteroatoms. The first-order valence-electron chi connectivity index (χ1n) is 6.85. The second-order valence-corrected chi connectivity index (χ2v) is 5.71. The number of halogens is 1. The molecule has 1 aliphatic rings. The van der Waals surface area contributed by atoms with E-state index in [4.69, 9.17) is 17.3 Å². The van der Waals surface area contributed by atoms with Gasteiger partial charge in [-0.1, -0.05) is 11.6 Å². The number of nitrogen functional groups attached to an aromatic ring is 1. The van der Waals surface area contributed by atoms with E-state index in [-0.39, 0.29) is 11.8 Å². The van der Waals surface area contributed by atoms with Gasteiger partial charge in [0.2, 0.25) is 0 Å². The zero-order valence-corrected chi connectivity index (χ0v) is 12.3. The van der Waals surface area contributed by atoms with Crippen molar-refractivity contribution in [2.45, 2.75) is 12.8 Å². The summed E-state index contributed by atoms with van der Waals surface area (Å²) in [4.78, 5) is 23.8. The Morgan fingerprint density at radius 2 is 2.05 bits per heavy atom. The number of rotatable bonds is 4. The fourth-order valence-corrected chi connectivity index (χ4v) is 2.73. The zero-order chi connectivity index (χ0) is 15.4. The number of benzene rings is 1. The molecular weight excluding hydrogens is 294 g/mol. The van der Waals surface area contributed by atoms with Gasteiger partial charge < -0.3 is 25.9 Å². The lowest BCUT2D eigenvalue weighted by Gasteiger charge is -2.29. The molecule has 0 atom stereocenters. The highest BCUT2D eigenvalue weighted by Crippen LogP contribution is 2.23. The van der Waals surface area contributed by atoms with Gasteiger partial charge in [0.25, 0.3) is 5.91 Å². The molecule has 1 aromatic carbocycles. The van der Waals surface area contributed by atoms with Gasteiger partial charge in [-0.25, -0.2) is 0 Å². The van der Waals surface area contributed by atoms with Crippen LogP contribution in [0.15, 0.2) is 18.2 Å². The minimum atomic E-state index is -0.993. The van der Waals surface area contributed by atoms with E-state index in [0.29, 0.717) is 48.9 Å². The standard InChI is InChI=1S/C14H18ClN3O3/c15-11-7-10(16)1-2-12(11)17-13(19)8-18-5-3-9(4-6-18)14(20)21/h1-2,7,9H,3-6,8,16H2,(H,17,19)(H,20,21). The highest BCUT2D eigenvalue weighted by atomic mass is 35.5. The number of amides is 1. The molecule has 1 saturated heterocycles. The van der Waals surface area contributed by atoms with Gasteiger partial charge in [0.05, 0.1) is 23.8 Å². The third-order valence-electron chi connectivity index (χ3n) is 3.70. The average Bonchev–Trinajstić information content (AvgIpc) is 2.42. The summed E-state index contributed by atoms with van der Waals surface area (Å²) in [6.07, 6.45) is 1.10. The highest BCUT2D eigenvalue weighted by molar-refractivity contribution is 6.34. The van der Waals surface area contributed by atoms with E-state index in [1.54, 1.807) is 18.2 Å². The molecule has 1 aliphatic heterocycles. The van der Waals surface area contributed by atoms with E-state index in [2.05, 4.69) is 5.32 Å². The maximum atomic E-state index is 12.0. The van der Waals surface area contributed by atoms with Crippen molar-refractivity contribution in [3.05, 3.63) is 23.2 Å². The lowest BCUT2D eigenvalue weighted by atomic mass is 9.97. The van der Waals surface area contributed by atoms with Crippen molar-refractivity contribution in [1.29, 1.82) is 0 Å². The second kappa shape index (κ2) is 6.78. The Balaban J connectivity index is 1.84. The Kier molecular flexibility index (Phi) is 5.03. The van der Waals surface area contributed by atoms with Crippen molar-refractivity contribution >= 4 is 34.9 Å². The molecule has 1 aromatic rings. The molecule has 0 aliphatic carbocycles. The molecule has 0 bridgehead atoms. The Labute approximate surface area is 127 Å². The molecule has 114 valence electrons. The van der Waals surface area contributed by atoms with Crippen molar-refractivity contribution in [3.63, 3.8) is 0 Å². The van der Waals surface area contributed by atoms with Crippen LogP contribution in [0.4, 0.5) is 11.4 Å². The van der Waals surface area contributed by atoms with Crippen LogP contribution in [-0.2, 0) is 9.59 Å². The van der Waals surface area contributed by atoms with E-state index in [0.717, 1.165) is 4.90 Å². The molecule has 0 spiro atoms. The SMILES string of the molecule is Nc1ccc(NC(=O)C[NH+]2CCC(C(=O)[O-])CC2)c(Cl)c1. The van der Waals surface area contributed by atoms with Crippen LogP contribution in [-0.4, -0.2) is 31.5 Å². The van der Waals surface area contributed by atoms with Gasteiger partial charge in [-0.05, 0) is 18.2 Å². The lowest BCUT2D eigenvalue weighted by molar-refractivity contribution is -0.897. The third-order valence-corrected chi connectivity index (χ3v) is 4.02. The number of carbonyl (C=O) groups excluding carboxylic acids is 2. The topological polar surface area (TPSA) is 99.7 Å². The second-order valence-electron chi connectivity index (χ2n) is 5.31. The number of piperidine rings is 1. The first-order chi connectivity index (χ1) is 9.95. The predicted octanol–water partition coefficient (Wildman–Crippen LogP) is -1.09. The van der Waals surface area contributed by atoms with Crippen molar-refractivity contribution in [3.8, 4) is 0 Å². The monoisotopic (exact) mass is 311 g/mol. The number of carboxylic acids is 1. The van der Waals surface area contributed by atoms with Crippen LogP contribution in [0, 0.1) is 5.92 Å². The van der Waals surface area contributed by atoms with E-state index >= 15 is 0 Å². The van der Waals surface area contributed by atoms with E-state index in [1.165, 1.54) is 0 Å². The molecule has 21 heavy (non-hydrogen) atoms. The van der Waals surface area contributed by atoms with Crippen LogP contribution >= 0.6 is 11.6 Å². The van der Waals surface area contributed by atoms with E-state index in [1.807, 2.05) is 0 Å². The zero-order valence-electron chi connectivity index (χ0n) is 11.5. The van der Waals surface area contributed by atoms with Crippen LogP contribution in [0.25, 0.3) is 0 Å². The molecule has 1 amide bonds. The molecular formula is C14H18ClN3O3. The summed E-state index contributed by atoms with van der Waals surface area (Å²) in [6.45, 7) is 1.60. The van der Waals surface area contributed by atoms with E-state index < -0.39 is 5.97 Å². The van der Waals surface area contributed by atoms with Gasteiger partial charge in [-0.2, -0.15) is 0 Å². The molecule has 1 fully saturated rings. The number of quaternary nitrogens is 1. The van der Waals surface area contributed by atoms with Crippen LogP contribution in [0.2, 0.25) is 5.02 Å². The first kappa shape index (κ1) is 15.6. The van der Waals surface area contributed by atoms with Gasteiger partial charge >= 0.3 is 0 Å². The van der Waals surface area contributed by atoms with Crippen LogP contribution in [0.1, 0.15) is 12.8 Å². The number of likely N-dealkylation sites (tertiary alicyclic amines) is 1. The Bertz CT molecular complexity index is 542. The van der Waals surface area contributed by atoms with Gasteiger partial charge in [0.15, 0.2) is 6.54 Å². The van der Waals surface area contributed by atoms with Crippen LogP contribution in [0.5, 0.6) is 0 Å². The third kappa shape index (κ3) is 4.34. The molecule has 0 saturated carbocycles. The van der Waals surface area contributed by atoms with Crippen molar-refractivity contribution < 1.29 is 19.6 Å². The lowest BCUT2D eigenvalue weighted by Crippen LogP contribution is -3.14. The number of nitrogens with one attached hydrogen (secondary N) is 2. The van der Waals surface area contributed by atoms with Gasteiger partial charge in [-0.3, -0.25) is 4.79 Å². The van der Waals surface area contributed by atoms with E-state index in [9.17, 15) is 14.7 Å². The molecule has 2 rings (SSSR count). The molecule has 0 aromatic heterocycles. The van der Waals surface area contributed by atoms with Crippen molar-refractivity contribution in [2.75, 3.05) is 30.7 Å². The van der Waals surface area contributed by atoms with Gasteiger partial charge in [0, 0.05) is 30.4 Å². The summed E-state index contributed by atoms with van der Waals surface area (Å²) in [5.74, 6) is -1.53. The molecule has 4 N–H and O–H groups in total. The normalized spacial score (nSPS) is 21.8. The number of nitrogens with two attached hydrogens (primary N) is 1. The smallest absolute Gasteiger partial charge is 0.279 e. The number of carbonyl (C=O) groups is 2. The quantitative estimate of drug-likeness (QED) is 0.615. The first-order valence-corrected chi connectivity index (χ1v) is 7.23. The summed E-state index contributed by atoms with van der Waals surface area (Å²) in [6, 6.07) is 4.91. The number of hydrogen-bond donors (Lipinski definition) is 3. The minimum Gasteiger partial charge on any atom is -0.550 e. The maximum Gasteiger partial charge on any atom is 0.279 e. The highest BCUT2D eigenvalue weighted by Gasteiger charge is 2.24. The predicted molar refractivity (Wildman–Crippen MR) is 77.8 cm³/mol. The molecule has 0 unspecified atom stereocenters. The van der Waals surface area contributed by atoms with Crippen molar-refractivity contribution in [1.82, 2.24) is 0 Å². The summed E-state index contributed by atoms with van der Waals surface area (Å²) in [5.41, 5.74) is 6.65. The average molecular weight is 312 g/mol.